The summed E-state index contributed by atoms with van der Waals surface area (Å²) in [5.74, 6) is -0.00947. The summed E-state index contributed by atoms with van der Waals surface area (Å²) in [4.78, 5) is 30.0. The fraction of sp³-hybridized carbons (Fsp3) is 0.364. The van der Waals surface area contributed by atoms with Crippen molar-refractivity contribution in [2.24, 2.45) is 10.7 Å². The van der Waals surface area contributed by atoms with E-state index in [0.717, 1.165) is 16.8 Å². The number of aliphatic imine (C=N–C) groups is 1. The number of guanidine groups is 1. The second-order valence-electron chi connectivity index (χ2n) is 10.7. The minimum Gasteiger partial charge on any atom is -0.481 e. The summed E-state index contributed by atoms with van der Waals surface area (Å²) in [5, 5.41) is 15.7. The number of carbonyl (C=O) groups is 2. The van der Waals surface area contributed by atoms with Gasteiger partial charge in [0.2, 0.25) is 5.96 Å². The Morgan fingerprint density at radius 1 is 1.00 bits per heavy atom. The highest BCUT2D eigenvalue weighted by Gasteiger charge is 2.20. The SMILES string of the molecule is CC(NC(=NCN)N(Cc1ccc(C(=O)NCCC(=O)O)cc1)c1ccc(C2CCCCC2)cc1)c1ccc(Cl)cc1. The van der Waals surface area contributed by atoms with Gasteiger partial charge in [0, 0.05) is 22.8 Å². The first kappa shape index (κ1) is 31.1. The molecule has 42 heavy (non-hydrogen) atoms. The lowest BCUT2D eigenvalue weighted by Gasteiger charge is -2.30. The van der Waals surface area contributed by atoms with Gasteiger partial charge in [0.15, 0.2) is 0 Å². The van der Waals surface area contributed by atoms with E-state index in [0.29, 0.717) is 29.0 Å². The number of aliphatic carboxylic acids is 1. The molecular weight excluding hydrogens is 550 g/mol. The topological polar surface area (TPSA) is 120 Å². The minimum atomic E-state index is -0.952. The first-order valence-corrected chi connectivity index (χ1v) is 14.9. The second-order valence-corrected chi connectivity index (χ2v) is 11.1. The van der Waals surface area contributed by atoms with E-state index in [9.17, 15) is 9.59 Å². The number of carboxylic acids is 1. The molecule has 3 aromatic carbocycles. The van der Waals surface area contributed by atoms with E-state index >= 15 is 0 Å². The summed E-state index contributed by atoms with van der Waals surface area (Å²) in [6, 6.07) is 23.7. The van der Waals surface area contributed by atoms with E-state index < -0.39 is 5.97 Å². The lowest BCUT2D eigenvalue weighted by molar-refractivity contribution is -0.136. The molecule has 1 atom stereocenters. The fourth-order valence-corrected chi connectivity index (χ4v) is 5.43. The maximum Gasteiger partial charge on any atom is 0.305 e. The Labute approximate surface area is 253 Å². The molecule has 0 radical (unpaired) electrons. The Morgan fingerprint density at radius 3 is 2.29 bits per heavy atom. The van der Waals surface area contributed by atoms with Gasteiger partial charge >= 0.3 is 5.97 Å². The third kappa shape index (κ3) is 8.81. The molecule has 8 nitrogen and oxygen atoms in total. The smallest absolute Gasteiger partial charge is 0.305 e. The highest BCUT2D eigenvalue weighted by Crippen LogP contribution is 2.33. The van der Waals surface area contributed by atoms with Crippen molar-refractivity contribution < 1.29 is 14.7 Å². The third-order valence-corrected chi connectivity index (χ3v) is 7.93. The summed E-state index contributed by atoms with van der Waals surface area (Å²) in [6.45, 7) is 2.75. The van der Waals surface area contributed by atoms with Gasteiger partial charge in [-0.05, 0) is 78.8 Å². The number of nitrogens with one attached hydrogen (secondary N) is 2. The highest BCUT2D eigenvalue weighted by atomic mass is 35.5. The Morgan fingerprint density at radius 2 is 1.67 bits per heavy atom. The number of amides is 1. The predicted octanol–water partition coefficient (Wildman–Crippen LogP) is 6.22. The standard InChI is InChI=1S/C33H40ClN5O3/c1-23(25-11-15-29(34)16-12-25)38-33(37-22-35)39(30-17-13-27(14-18-30)26-5-3-2-4-6-26)21-24-7-9-28(10-8-24)32(42)36-20-19-31(40)41/h7-18,23,26H,2-6,19-22,35H2,1H3,(H,36,42)(H,37,38)(H,40,41). The monoisotopic (exact) mass is 589 g/mol. The van der Waals surface area contributed by atoms with Gasteiger partial charge in [-0.2, -0.15) is 0 Å². The van der Waals surface area contributed by atoms with Crippen molar-refractivity contribution in [2.45, 2.75) is 64.0 Å². The zero-order chi connectivity index (χ0) is 29.9. The van der Waals surface area contributed by atoms with Crippen LogP contribution in [0, 0.1) is 0 Å². The van der Waals surface area contributed by atoms with Crippen LogP contribution in [0.4, 0.5) is 5.69 Å². The molecule has 9 heteroatoms. The van der Waals surface area contributed by atoms with Crippen LogP contribution in [0.15, 0.2) is 77.8 Å². The molecule has 5 N–H and O–H groups in total. The van der Waals surface area contributed by atoms with Gasteiger partial charge in [0.05, 0.1) is 25.7 Å². The molecule has 0 bridgehead atoms. The number of nitrogens with zero attached hydrogens (tertiary/aromatic N) is 2. The largest absolute Gasteiger partial charge is 0.481 e. The van der Waals surface area contributed by atoms with Crippen molar-refractivity contribution in [3.8, 4) is 0 Å². The van der Waals surface area contributed by atoms with Crippen LogP contribution < -0.4 is 21.3 Å². The molecule has 0 spiro atoms. The maximum absolute atomic E-state index is 12.4. The Hall–Kier alpha value is -3.88. The number of rotatable bonds is 11. The summed E-state index contributed by atoms with van der Waals surface area (Å²) in [6.07, 6.45) is 6.24. The van der Waals surface area contributed by atoms with Gasteiger partial charge < -0.3 is 26.4 Å². The second kappa shape index (κ2) is 15.4. The average molecular weight is 590 g/mol. The lowest BCUT2D eigenvalue weighted by Crippen LogP contribution is -2.43. The maximum atomic E-state index is 12.4. The van der Waals surface area contributed by atoms with Crippen molar-refractivity contribution in [1.29, 1.82) is 0 Å². The Kier molecular flexibility index (Phi) is 11.4. The van der Waals surface area contributed by atoms with E-state index in [1.807, 2.05) is 36.4 Å². The van der Waals surface area contributed by atoms with E-state index in [-0.39, 0.29) is 31.6 Å². The first-order chi connectivity index (χ1) is 20.3. The van der Waals surface area contributed by atoms with Gasteiger partial charge in [0.1, 0.15) is 0 Å². The highest BCUT2D eigenvalue weighted by molar-refractivity contribution is 6.30. The van der Waals surface area contributed by atoms with E-state index in [1.165, 1.54) is 37.7 Å². The van der Waals surface area contributed by atoms with Crippen molar-refractivity contribution in [3.05, 3.63) is 100 Å². The predicted molar refractivity (Wildman–Crippen MR) is 169 cm³/mol. The zero-order valence-electron chi connectivity index (χ0n) is 24.1. The molecule has 1 saturated carbocycles. The van der Waals surface area contributed by atoms with Gasteiger partial charge in [-0.3, -0.25) is 9.59 Å². The van der Waals surface area contributed by atoms with E-state index in [2.05, 4.69) is 51.7 Å². The van der Waals surface area contributed by atoms with Crippen molar-refractivity contribution in [1.82, 2.24) is 10.6 Å². The normalized spacial score (nSPS) is 14.7. The first-order valence-electron chi connectivity index (χ1n) is 14.6. The summed E-state index contributed by atoms with van der Waals surface area (Å²) >= 11 is 6.11. The van der Waals surface area contributed by atoms with Crippen molar-refractivity contribution >= 4 is 35.1 Å². The van der Waals surface area contributed by atoms with Crippen LogP contribution in [0.1, 0.15) is 84.5 Å². The number of carbonyl (C=O) groups excluding carboxylic acids is 1. The van der Waals surface area contributed by atoms with E-state index in [4.69, 9.17) is 22.4 Å². The van der Waals surface area contributed by atoms with Crippen LogP contribution in [0.5, 0.6) is 0 Å². The molecule has 0 aromatic heterocycles. The Bertz CT molecular complexity index is 1340. The molecule has 1 unspecified atom stereocenters. The molecule has 4 rings (SSSR count). The number of hydrogen-bond acceptors (Lipinski definition) is 4. The van der Waals surface area contributed by atoms with Crippen LogP contribution in [-0.2, 0) is 11.3 Å². The number of nitrogens with two attached hydrogens (primary N) is 1. The summed E-state index contributed by atoms with van der Waals surface area (Å²) < 4.78 is 0. The molecule has 1 amide bonds. The van der Waals surface area contributed by atoms with Gasteiger partial charge in [-0.25, -0.2) is 4.99 Å². The third-order valence-electron chi connectivity index (χ3n) is 7.67. The van der Waals surface area contributed by atoms with Crippen LogP contribution in [0.2, 0.25) is 5.02 Å². The van der Waals surface area contributed by atoms with Crippen molar-refractivity contribution in [2.75, 3.05) is 18.1 Å². The molecular formula is C33H40ClN5O3. The molecule has 0 saturated heterocycles. The molecule has 0 heterocycles. The summed E-state index contributed by atoms with van der Waals surface area (Å²) in [7, 11) is 0. The van der Waals surface area contributed by atoms with E-state index in [1.54, 1.807) is 12.1 Å². The van der Waals surface area contributed by atoms with Gasteiger partial charge in [0.25, 0.3) is 5.91 Å². The van der Waals surface area contributed by atoms with Crippen LogP contribution >= 0.6 is 11.6 Å². The van der Waals surface area contributed by atoms with Crippen LogP contribution in [0.3, 0.4) is 0 Å². The molecule has 0 aliphatic heterocycles. The quantitative estimate of drug-likeness (QED) is 0.156. The lowest BCUT2D eigenvalue weighted by atomic mass is 9.84. The summed E-state index contributed by atoms with van der Waals surface area (Å²) in [5.41, 5.74) is 10.8. The Balaban J connectivity index is 1.58. The number of anilines is 1. The molecule has 1 aliphatic rings. The van der Waals surface area contributed by atoms with Crippen LogP contribution in [-0.4, -0.2) is 36.2 Å². The molecule has 1 fully saturated rings. The molecule has 3 aromatic rings. The fourth-order valence-electron chi connectivity index (χ4n) is 5.30. The number of benzene rings is 3. The average Bonchev–Trinajstić information content (AvgIpc) is 3.00. The number of hydrogen-bond donors (Lipinski definition) is 4. The minimum absolute atomic E-state index is 0.0616. The van der Waals surface area contributed by atoms with Crippen LogP contribution in [0.25, 0.3) is 0 Å². The van der Waals surface area contributed by atoms with Gasteiger partial charge in [-0.15, -0.1) is 0 Å². The van der Waals surface area contributed by atoms with Gasteiger partial charge in [-0.1, -0.05) is 67.3 Å². The molecule has 1 aliphatic carbocycles. The van der Waals surface area contributed by atoms with Crippen molar-refractivity contribution in [3.63, 3.8) is 0 Å². The zero-order valence-corrected chi connectivity index (χ0v) is 24.8. The number of carboxylic acid groups (broad SMARTS) is 1. The number of halogens is 1. The molecule has 222 valence electrons.